The third kappa shape index (κ3) is 3.45. The number of amides is 1. The summed E-state index contributed by atoms with van der Waals surface area (Å²) in [4.78, 5) is 20.6. The molecule has 24 heavy (non-hydrogen) atoms. The van der Waals surface area contributed by atoms with Crippen molar-refractivity contribution in [2.24, 2.45) is 0 Å². The molecule has 3 rings (SSSR count). The zero-order valence-electron chi connectivity index (χ0n) is 13.6. The quantitative estimate of drug-likeness (QED) is 0.865. The van der Waals surface area contributed by atoms with Crippen molar-refractivity contribution in [1.29, 1.82) is 0 Å². The molecule has 8 nitrogen and oxygen atoms in total. The molecule has 0 spiro atoms. The topological polar surface area (TPSA) is 107 Å². The number of carbonyl (C=O) groups is 1. The van der Waals surface area contributed by atoms with Gasteiger partial charge in [0, 0.05) is 11.9 Å². The largest absolute Gasteiger partial charge is 0.346 e. The Hall–Kier alpha value is -2.29. The molecule has 1 aliphatic rings. The number of hydrogen-bond donors (Lipinski definition) is 1. The van der Waals surface area contributed by atoms with Gasteiger partial charge in [0.25, 0.3) is 5.91 Å². The first-order chi connectivity index (χ1) is 11.4. The predicted molar refractivity (Wildman–Crippen MR) is 87.2 cm³/mol. The first kappa shape index (κ1) is 16.6. The number of hydrogen-bond acceptors (Lipinski definition) is 6. The molecule has 1 fully saturated rings. The van der Waals surface area contributed by atoms with Crippen molar-refractivity contribution in [3.05, 3.63) is 41.2 Å². The summed E-state index contributed by atoms with van der Waals surface area (Å²) in [6, 6.07) is 1.55. The Balaban J connectivity index is 1.70. The molecular weight excluding hydrogens is 330 g/mol. The molecule has 1 saturated heterocycles. The lowest BCUT2D eigenvalue weighted by atomic mass is 10.2. The molecule has 3 heterocycles. The van der Waals surface area contributed by atoms with Crippen molar-refractivity contribution in [3.63, 3.8) is 0 Å². The molecule has 0 radical (unpaired) electrons. The second-order valence-corrected chi connectivity index (χ2v) is 8.15. The maximum absolute atomic E-state index is 12.4. The number of aromatic nitrogens is 4. The summed E-state index contributed by atoms with van der Waals surface area (Å²) in [6.07, 6.45) is 3.67. The van der Waals surface area contributed by atoms with E-state index in [-0.39, 0.29) is 23.5 Å². The Morgan fingerprint density at radius 1 is 1.42 bits per heavy atom. The third-order valence-corrected chi connectivity index (χ3v) is 5.86. The van der Waals surface area contributed by atoms with Gasteiger partial charge in [-0.1, -0.05) is 0 Å². The lowest BCUT2D eigenvalue weighted by molar-refractivity contribution is 0.0949. The summed E-state index contributed by atoms with van der Waals surface area (Å²) in [6.45, 7) is 3.86. The normalized spacial score (nSPS) is 19.3. The highest BCUT2D eigenvalue weighted by Crippen LogP contribution is 2.25. The van der Waals surface area contributed by atoms with Crippen LogP contribution in [-0.4, -0.2) is 45.6 Å². The van der Waals surface area contributed by atoms with E-state index in [1.165, 1.54) is 6.20 Å². The highest BCUT2D eigenvalue weighted by atomic mass is 32.2. The Kier molecular flexibility index (Phi) is 4.35. The molecule has 1 atom stereocenters. The molecule has 1 N–H and O–H groups in total. The van der Waals surface area contributed by atoms with Gasteiger partial charge in [-0.25, -0.2) is 18.4 Å². The van der Waals surface area contributed by atoms with Gasteiger partial charge in [-0.3, -0.25) is 9.48 Å². The van der Waals surface area contributed by atoms with Crippen molar-refractivity contribution in [3.8, 4) is 0 Å². The summed E-state index contributed by atoms with van der Waals surface area (Å²) in [5.41, 5.74) is 1.85. The molecule has 0 aliphatic carbocycles. The standard InChI is InChI=1S/C15H19N5O3S/c1-10-14(8-18-20(10)13-4-6-24(22,23)9-13)15(21)17-7-12-3-5-16-11(2)19-12/h3,5,8,13H,4,6-7,9H2,1-2H3,(H,17,21). The van der Waals surface area contributed by atoms with E-state index in [4.69, 9.17) is 0 Å². The monoisotopic (exact) mass is 349 g/mol. The fourth-order valence-electron chi connectivity index (χ4n) is 2.85. The van der Waals surface area contributed by atoms with E-state index in [2.05, 4.69) is 20.4 Å². The zero-order valence-corrected chi connectivity index (χ0v) is 14.4. The minimum Gasteiger partial charge on any atom is -0.346 e. The van der Waals surface area contributed by atoms with Crippen molar-refractivity contribution in [2.75, 3.05) is 11.5 Å². The Bertz CT molecular complexity index is 875. The highest BCUT2D eigenvalue weighted by Gasteiger charge is 2.31. The SMILES string of the molecule is Cc1nccc(CNC(=O)c2cnn(C3CCS(=O)(=O)C3)c2C)n1. The first-order valence-electron chi connectivity index (χ1n) is 7.67. The van der Waals surface area contributed by atoms with Gasteiger partial charge in [-0.15, -0.1) is 0 Å². The fraction of sp³-hybridized carbons (Fsp3) is 0.467. The number of nitrogens with zero attached hydrogens (tertiary/aromatic N) is 4. The molecule has 0 bridgehead atoms. The number of sulfone groups is 1. The van der Waals surface area contributed by atoms with Gasteiger partial charge in [-0.2, -0.15) is 5.10 Å². The van der Waals surface area contributed by atoms with Crippen LogP contribution < -0.4 is 5.32 Å². The Labute approximate surface area is 140 Å². The van der Waals surface area contributed by atoms with Crippen LogP contribution >= 0.6 is 0 Å². The molecule has 9 heteroatoms. The molecule has 1 amide bonds. The summed E-state index contributed by atoms with van der Waals surface area (Å²) in [5, 5.41) is 7.02. The maximum atomic E-state index is 12.4. The van der Waals surface area contributed by atoms with E-state index in [1.807, 2.05) is 0 Å². The lowest BCUT2D eigenvalue weighted by Gasteiger charge is -2.11. The predicted octanol–water partition coefficient (Wildman–Crippen LogP) is 0.580. The van der Waals surface area contributed by atoms with Crippen LogP contribution in [-0.2, 0) is 16.4 Å². The number of rotatable bonds is 4. The number of carbonyl (C=O) groups excluding carboxylic acids is 1. The van der Waals surface area contributed by atoms with Gasteiger partial charge in [0.2, 0.25) is 0 Å². The zero-order chi connectivity index (χ0) is 17.3. The molecule has 128 valence electrons. The number of aryl methyl sites for hydroxylation is 1. The maximum Gasteiger partial charge on any atom is 0.255 e. The molecule has 0 aromatic carbocycles. The number of nitrogens with one attached hydrogen (secondary N) is 1. The van der Waals surface area contributed by atoms with E-state index >= 15 is 0 Å². The second-order valence-electron chi connectivity index (χ2n) is 5.92. The van der Waals surface area contributed by atoms with Crippen LogP contribution in [0.15, 0.2) is 18.5 Å². The van der Waals surface area contributed by atoms with Crippen LogP contribution in [0.3, 0.4) is 0 Å². The second kappa shape index (κ2) is 6.31. The summed E-state index contributed by atoms with van der Waals surface area (Å²) < 4.78 is 24.9. The van der Waals surface area contributed by atoms with E-state index < -0.39 is 9.84 Å². The Morgan fingerprint density at radius 2 is 2.21 bits per heavy atom. The van der Waals surface area contributed by atoms with E-state index in [0.717, 1.165) is 5.69 Å². The van der Waals surface area contributed by atoms with Gasteiger partial charge in [0.15, 0.2) is 9.84 Å². The van der Waals surface area contributed by atoms with E-state index in [0.29, 0.717) is 30.0 Å². The minimum atomic E-state index is -3.00. The van der Waals surface area contributed by atoms with Crippen molar-refractivity contribution < 1.29 is 13.2 Å². The average molecular weight is 349 g/mol. The van der Waals surface area contributed by atoms with Crippen molar-refractivity contribution in [1.82, 2.24) is 25.1 Å². The van der Waals surface area contributed by atoms with Crippen LogP contribution in [0, 0.1) is 13.8 Å². The smallest absolute Gasteiger partial charge is 0.255 e. The lowest BCUT2D eigenvalue weighted by Crippen LogP contribution is -2.24. The first-order valence-corrected chi connectivity index (χ1v) is 9.49. The van der Waals surface area contributed by atoms with Crippen LogP contribution in [0.25, 0.3) is 0 Å². The third-order valence-electron chi connectivity index (χ3n) is 4.11. The van der Waals surface area contributed by atoms with Gasteiger partial charge in [0.1, 0.15) is 5.82 Å². The highest BCUT2D eigenvalue weighted by molar-refractivity contribution is 7.91. The molecule has 1 aliphatic heterocycles. The molecule has 0 saturated carbocycles. The van der Waals surface area contributed by atoms with Crippen LogP contribution in [0.4, 0.5) is 0 Å². The summed E-state index contributed by atoms with van der Waals surface area (Å²) in [7, 11) is -3.00. The Morgan fingerprint density at radius 3 is 2.88 bits per heavy atom. The van der Waals surface area contributed by atoms with Crippen molar-refractivity contribution in [2.45, 2.75) is 32.9 Å². The van der Waals surface area contributed by atoms with Gasteiger partial charge in [0.05, 0.1) is 41.5 Å². The minimum absolute atomic E-state index is 0.0802. The fourth-order valence-corrected chi connectivity index (χ4v) is 4.54. The molecule has 2 aromatic rings. The van der Waals surface area contributed by atoms with Gasteiger partial charge >= 0.3 is 0 Å². The molecular formula is C15H19N5O3S. The molecule has 2 aromatic heterocycles. The van der Waals surface area contributed by atoms with Crippen LogP contribution in [0.5, 0.6) is 0 Å². The summed E-state index contributed by atoms with van der Waals surface area (Å²) >= 11 is 0. The van der Waals surface area contributed by atoms with Crippen LogP contribution in [0.2, 0.25) is 0 Å². The molecule has 1 unspecified atom stereocenters. The van der Waals surface area contributed by atoms with Gasteiger partial charge in [-0.05, 0) is 26.3 Å². The average Bonchev–Trinajstić information content (AvgIpc) is 3.07. The van der Waals surface area contributed by atoms with E-state index in [1.54, 1.807) is 30.8 Å². The van der Waals surface area contributed by atoms with Gasteiger partial charge < -0.3 is 5.32 Å². The van der Waals surface area contributed by atoms with Crippen molar-refractivity contribution >= 4 is 15.7 Å². The van der Waals surface area contributed by atoms with Crippen LogP contribution in [0.1, 0.15) is 40.0 Å². The summed E-state index contributed by atoms with van der Waals surface area (Å²) in [5.74, 6) is 0.645. The van der Waals surface area contributed by atoms with E-state index in [9.17, 15) is 13.2 Å².